The molecule has 0 atom stereocenters. The van der Waals surface area contributed by atoms with Gasteiger partial charge in [0, 0.05) is 0 Å². The van der Waals surface area contributed by atoms with Crippen LogP contribution in [0.4, 0.5) is 0 Å². The largest absolute Gasteiger partial charge is 0.476 e. The number of diazo groups is 1. The lowest BCUT2D eigenvalue weighted by Crippen LogP contribution is -2.26. The summed E-state index contributed by atoms with van der Waals surface area (Å²) in [6.07, 6.45) is 5.59. The van der Waals surface area contributed by atoms with Gasteiger partial charge in [-0.05, 0) is 25.7 Å². The molecule has 1 aliphatic rings. The van der Waals surface area contributed by atoms with Crippen LogP contribution in [-0.4, -0.2) is 19.3 Å². The standard InChI is InChI=1S/C11H20N2O2Si/c1-16(2,3)10(13-12)11(14)15-9-7-5-4-6-8-9/h9H,4-8H2,1-3H3/p+1. The van der Waals surface area contributed by atoms with E-state index in [9.17, 15) is 5.11 Å². The number of ether oxygens (including phenoxy) is 1. The molecular formula is C11H21N2O2Si+. The number of hydrogen-bond donors (Lipinski definition) is 1. The minimum Gasteiger partial charge on any atom is -0.476 e. The van der Waals surface area contributed by atoms with Gasteiger partial charge in [0.1, 0.15) is 6.10 Å². The quantitative estimate of drug-likeness (QED) is 0.464. The highest BCUT2D eigenvalue weighted by molar-refractivity contribution is 6.83. The van der Waals surface area contributed by atoms with Crippen LogP contribution in [0.2, 0.25) is 19.6 Å². The Bertz CT molecular complexity index is 309. The van der Waals surface area contributed by atoms with Crippen LogP contribution in [0.3, 0.4) is 0 Å². The predicted octanol–water partition coefficient (Wildman–Crippen LogP) is 3.79. The molecule has 0 heterocycles. The molecule has 1 N–H and O–H groups in total. The molecule has 5 heteroatoms. The van der Waals surface area contributed by atoms with E-state index in [0.717, 1.165) is 25.7 Å². The second-order valence-corrected chi connectivity index (χ2v) is 10.4. The van der Waals surface area contributed by atoms with Crippen molar-refractivity contribution in [3.63, 3.8) is 0 Å². The molecule has 0 spiro atoms. The summed E-state index contributed by atoms with van der Waals surface area (Å²) in [4.78, 5) is 3.19. The van der Waals surface area contributed by atoms with Crippen LogP contribution in [0.5, 0.6) is 0 Å². The van der Waals surface area contributed by atoms with E-state index in [0.29, 0.717) is 5.32 Å². The Hall–Kier alpha value is -1.02. The smallest absolute Gasteiger partial charge is 0.403 e. The fourth-order valence-corrected chi connectivity index (χ4v) is 2.91. The molecule has 1 fully saturated rings. The van der Waals surface area contributed by atoms with Crippen molar-refractivity contribution in [1.82, 2.24) is 0 Å². The summed E-state index contributed by atoms with van der Waals surface area (Å²) < 4.78 is 5.49. The first-order chi connectivity index (χ1) is 7.45. The van der Waals surface area contributed by atoms with Crippen molar-refractivity contribution < 1.29 is 9.84 Å². The summed E-state index contributed by atoms with van der Waals surface area (Å²) in [6, 6.07) is 0. The second kappa shape index (κ2) is 5.35. The van der Waals surface area contributed by atoms with E-state index in [1.165, 1.54) is 6.42 Å². The van der Waals surface area contributed by atoms with Gasteiger partial charge in [0.15, 0.2) is 4.98 Å². The van der Waals surface area contributed by atoms with E-state index >= 15 is 0 Å². The Morgan fingerprint density at radius 1 is 1.25 bits per heavy atom. The molecule has 0 aromatic heterocycles. The lowest BCUT2D eigenvalue weighted by molar-refractivity contribution is 0.0117. The first kappa shape index (κ1) is 13.0. The molecule has 0 amide bonds. The van der Waals surface area contributed by atoms with E-state index in [1.54, 1.807) is 0 Å². The zero-order valence-electron chi connectivity index (χ0n) is 10.4. The Morgan fingerprint density at radius 3 is 2.25 bits per heavy atom. The number of aliphatic hydroxyl groups excluding tert-OH is 1. The highest BCUT2D eigenvalue weighted by atomic mass is 28.3. The fourth-order valence-electron chi connectivity index (χ4n) is 1.91. The number of hydrogen-bond acceptors (Lipinski definition) is 3. The van der Waals surface area contributed by atoms with Gasteiger partial charge in [-0.2, -0.15) is 0 Å². The summed E-state index contributed by atoms with van der Waals surface area (Å²) in [6.45, 7) is 6.01. The van der Waals surface area contributed by atoms with E-state index in [2.05, 4.69) is 4.98 Å². The predicted molar refractivity (Wildman–Crippen MR) is 66.0 cm³/mol. The van der Waals surface area contributed by atoms with Gasteiger partial charge in [-0.3, -0.25) is 0 Å². The molecule has 90 valence electrons. The third-order valence-electron chi connectivity index (χ3n) is 2.84. The summed E-state index contributed by atoms with van der Waals surface area (Å²) in [5.74, 6) is -0.173. The van der Waals surface area contributed by atoms with Crippen LogP contribution in [0, 0.1) is 5.39 Å². The van der Waals surface area contributed by atoms with Crippen molar-refractivity contribution in [3.8, 4) is 0 Å². The molecule has 0 aromatic carbocycles. The maximum absolute atomic E-state index is 9.84. The normalized spacial score (nSPS) is 19.9. The molecule has 1 aliphatic carbocycles. The number of rotatable bonds is 3. The Kier molecular flexibility index (Phi) is 4.36. The van der Waals surface area contributed by atoms with Crippen molar-refractivity contribution in [2.45, 2.75) is 57.8 Å². The molecule has 0 radical (unpaired) electrons. The fraction of sp³-hybridized carbons (Fsp3) is 0.818. The number of nitrogens with zero attached hydrogens (tertiary/aromatic N) is 2. The summed E-state index contributed by atoms with van der Waals surface area (Å²) in [5, 5.41) is 19.1. The third-order valence-corrected chi connectivity index (χ3v) is 4.58. The average Bonchev–Trinajstić information content (AvgIpc) is 2.17. The lowest BCUT2D eigenvalue weighted by atomic mass is 9.98. The van der Waals surface area contributed by atoms with E-state index < -0.39 is 8.07 Å². The van der Waals surface area contributed by atoms with Crippen LogP contribution < -0.4 is 0 Å². The van der Waals surface area contributed by atoms with Crippen molar-refractivity contribution in [1.29, 1.82) is 5.39 Å². The molecule has 16 heavy (non-hydrogen) atoms. The number of aliphatic hydroxyl groups is 1. The highest BCUT2D eigenvalue weighted by Gasteiger charge is 2.38. The first-order valence-corrected chi connectivity index (χ1v) is 9.40. The molecule has 0 aromatic rings. The molecule has 0 bridgehead atoms. The van der Waals surface area contributed by atoms with Crippen molar-refractivity contribution >= 4 is 8.07 Å². The lowest BCUT2D eigenvalue weighted by Gasteiger charge is -2.21. The average molecular weight is 241 g/mol. The molecule has 1 saturated carbocycles. The zero-order chi connectivity index (χ0) is 12.2. The topological polar surface area (TPSA) is 57.6 Å². The molecule has 0 aliphatic heterocycles. The molecular weight excluding hydrogens is 220 g/mol. The van der Waals surface area contributed by atoms with Crippen molar-refractivity contribution in [2.75, 3.05) is 0 Å². The van der Waals surface area contributed by atoms with Crippen molar-refractivity contribution in [3.05, 3.63) is 16.2 Å². The molecule has 4 nitrogen and oxygen atoms in total. The monoisotopic (exact) mass is 241 g/mol. The third kappa shape index (κ3) is 3.53. The minimum atomic E-state index is -1.85. The molecule has 0 saturated heterocycles. The van der Waals surface area contributed by atoms with Crippen LogP contribution in [0.25, 0.3) is 4.98 Å². The van der Waals surface area contributed by atoms with Crippen molar-refractivity contribution in [2.24, 2.45) is 0 Å². The highest BCUT2D eigenvalue weighted by Crippen LogP contribution is 2.25. The minimum absolute atomic E-state index is 0.0850. The van der Waals surface area contributed by atoms with E-state index in [4.69, 9.17) is 10.1 Å². The van der Waals surface area contributed by atoms with Gasteiger partial charge in [0.25, 0.3) is 0 Å². The van der Waals surface area contributed by atoms with Gasteiger partial charge >= 0.3 is 11.3 Å². The zero-order valence-corrected chi connectivity index (χ0v) is 11.4. The SMILES string of the molecule is C[Si](C)(C)C([N+]#N)=C(O)OC1CCCCC1. The molecule has 1 rings (SSSR count). The molecule has 0 unspecified atom stereocenters. The van der Waals surface area contributed by atoms with Crippen LogP contribution in [0.15, 0.2) is 11.3 Å². The maximum Gasteiger partial charge on any atom is 0.403 e. The van der Waals surface area contributed by atoms with Gasteiger partial charge in [0.2, 0.25) is 13.5 Å². The Labute approximate surface area is 97.9 Å². The van der Waals surface area contributed by atoms with Gasteiger partial charge in [-0.25, -0.2) is 0 Å². The van der Waals surface area contributed by atoms with E-state index in [-0.39, 0.29) is 12.0 Å². The summed E-state index contributed by atoms with van der Waals surface area (Å²) >= 11 is 0. The second-order valence-electron chi connectivity index (χ2n) is 5.38. The van der Waals surface area contributed by atoms with Gasteiger partial charge in [-0.1, -0.05) is 26.1 Å². The van der Waals surface area contributed by atoms with Crippen LogP contribution >= 0.6 is 0 Å². The summed E-state index contributed by atoms with van der Waals surface area (Å²) in [5.41, 5.74) is 0. The Morgan fingerprint density at radius 2 is 1.81 bits per heavy atom. The van der Waals surface area contributed by atoms with Crippen LogP contribution in [-0.2, 0) is 4.74 Å². The maximum atomic E-state index is 9.84. The van der Waals surface area contributed by atoms with Gasteiger partial charge < -0.3 is 9.84 Å². The summed E-state index contributed by atoms with van der Waals surface area (Å²) in [7, 11) is -1.85. The van der Waals surface area contributed by atoms with E-state index in [1.807, 2.05) is 19.6 Å². The van der Waals surface area contributed by atoms with Gasteiger partial charge in [-0.15, -0.1) is 0 Å². The first-order valence-electron chi connectivity index (χ1n) is 5.90. The Balaban J connectivity index is 2.70. The van der Waals surface area contributed by atoms with Crippen LogP contribution in [0.1, 0.15) is 32.1 Å². The van der Waals surface area contributed by atoms with Gasteiger partial charge in [0.05, 0.1) is 0 Å².